The van der Waals surface area contributed by atoms with E-state index in [1.165, 1.54) is 18.2 Å². The van der Waals surface area contributed by atoms with Gasteiger partial charge in [-0.2, -0.15) is 5.26 Å². The average Bonchev–Trinajstić information content (AvgIpc) is 2.92. The van der Waals surface area contributed by atoms with Gasteiger partial charge in [-0.15, -0.1) is 0 Å². The van der Waals surface area contributed by atoms with Crippen LogP contribution in [0.25, 0.3) is 0 Å². The van der Waals surface area contributed by atoms with Gasteiger partial charge in [0.25, 0.3) is 0 Å². The van der Waals surface area contributed by atoms with Crippen molar-refractivity contribution < 1.29 is 13.5 Å². The lowest BCUT2D eigenvalue weighted by Gasteiger charge is -2.17. The molecule has 0 heterocycles. The van der Waals surface area contributed by atoms with Gasteiger partial charge in [0.2, 0.25) is 0 Å². The second-order valence-electron chi connectivity index (χ2n) is 8.23. The summed E-state index contributed by atoms with van der Waals surface area (Å²) >= 11 is 0. The number of nitrogens with one attached hydrogen (secondary N) is 1. The molecule has 0 saturated heterocycles. The summed E-state index contributed by atoms with van der Waals surface area (Å²) in [6, 6.07) is 13.8. The Morgan fingerprint density at radius 3 is 2.18 bits per heavy atom. The Kier molecular flexibility index (Phi) is 16.9. The summed E-state index contributed by atoms with van der Waals surface area (Å²) in [6.45, 7) is 22.3. The zero-order valence-electron chi connectivity index (χ0n) is 24.4. The normalized spacial score (nSPS) is 12.3. The van der Waals surface area contributed by atoms with E-state index in [2.05, 4.69) is 29.5 Å². The highest BCUT2D eigenvalue weighted by atomic mass is 19.1. The molecule has 208 valence electrons. The Morgan fingerprint density at radius 1 is 1.03 bits per heavy atom. The van der Waals surface area contributed by atoms with E-state index in [-0.39, 0.29) is 17.2 Å². The predicted octanol–water partition coefficient (Wildman–Crippen LogP) is 9.97. The molecule has 0 radical (unpaired) electrons. The summed E-state index contributed by atoms with van der Waals surface area (Å²) in [5.74, 6) is 0.385. The molecule has 1 unspecified atom stereocenters. The zero-order chi connectivity index (χ0) is 30.0. The first-order valence-electron chi connectivity index (χ1n) is 12.8. The summed E-state index contributed by atoms with van der Waals surface area (Å²) in [6.07, 6.45) is 5.79. The number of nitrogens with zero attached hydrogens (tertiary/aromatic N) is 2. The van der Waals surface area contributed by atoms with E-state index in [1.54, 1.807) is 56.3 Å². The Balaban J connectivity index is 0.00000111. The highest BCUT2D eigenvalue weighted by molar-refractivity contribution is 6.00. The quantitative estimate of drug-likeness (QED) is 0.209. The van der Waals surface area contributed by atoms with Crippen LogP contribution in [0, 0.1) is 17.1 Å². The Hall–Kier alpha value is -4.24. The molecule has 2 rings (SSSR count). The van der Waals surface area contributed by atoms with E-state index in [9.17, 15) is 14.0 Å². The zero-order valence-corrected chi connectivity index (χ0v) is 24.4. The van der Waals surface area contributed by atoms with Crippen molar-refractivity contribution in [1.82, 2.24) is 5.32 Å². The minimum Gasteiger partial charge on any atom is -0.484 e. The lowest BCUT2D eigenvalue weighted by Crippen LogP contribution is -2.21. The molecule has 1 N–H and O–H groups in total. The second kappa shape index (κ2) is 18.9. The summed E-state index contributed by atoms with van der Waals surface area (Å²) in [4.78, 5) is 4.60. The van der Waals surface area contributed by atoms with Crippen molar-refractivity contribution in [3.05, 3.63) is 120 Å². The highest BCUT2D eigenvalue weighted by Crippen LogP contribution is 2.32. The van der Waals surface area contributed by atoms with Gasteiger partial charge in [-0.25, -0.2) is 13.8 Å². The molecule has 0 aliphatic heterocycles. The van der Waals surface area contributed by atoms with Crippen molar-refractivity contribution in [1.29, 1.82) is 5.26 Å². The lowest BCUT2D eigenvalue weighted by molar-refractivity contribution is 0.221. The third-order valence-corrected chi connectivity index (χ3v) is 4.94. The third kappa shape index (κ3) is 12.7. The van der Waals surface area contributed by atoms with Crippen molar-refractivity contribution in [3.8, 4) is 11.8 Å². The molecule has 0 saturated carbocycles. The third-order valence-electron chi connectivity index (χ3n) is 4.94. The molecule has 4 nitrogen and oxygen atoms in total. The van der Waals surface area contributed by atoms with E-state index in [0.717, 1.165) is 16.8 Å². The molecule has 0 aliphatic rings. The maximum atomic E-state index is 14.0. The van der Waals surface area contributed by atoms with Gasteiger partial charge in [0.05, 0.1) is 5.69 Å². The van der Waals surface area contributed by atoms with Gasteiger partial charge in [0, 0.05) is 11.3 Å². The van der Waals surface area contributed by atoms with E-state index in [1.807, 2.05) is 47.6 Å². The molecule has 39 heavy (non-hydrogen) atoms. The van der Waals surface area contributed by atoms with Crippen LogP contribution in [0.5, 0.6) is 5.75 Å². The van der Waals surface area contributed by atoms with Crippen molar-refractivity contribution in [3.63, 3.8) is 0 Å². The SMILES string of the molecule is C=C(C)/C=C\C(F)=C/C.C=C(C)NC(=Nc1cccc(OC(C)c2ccccc2F)c1C#N)/C(C)=C\C.CC. The molecule has 6 heteroatoms. The molecule has 0 aliphatic carbocycles. The van der Waals surface area contributed by atoms with Crippen LogP contribution in [0.1, 0.15) is 72.6 Å². The number of benzene rings is 2. The predicted molar refractivity (Wildman–Crippen MR) is 161 cm³/mol. The number of aliphatic imine (C=N–C) groups is 1. The number of nitriles is 1. The van der Waals surface area contributed by atoms with Crippen molar-refractivity contribution in [2.75, 3.05) is 0 Å². The molecule has 0 amide bonds. The summed E-state index contributed by atoms with van der Waals surface area (Å²) in [5, 5.41) is 12.8. The number of ether oxygens (including phenoxy) is 1. The number of hydrogen-bond donors (Lipinski definition) is 1. The molecule has 0 aromatic heterocycles. The minimum absolute atomic E-state index is 0.224. The van der Waals surface area contributed by atoms with Crippen molar-refractivity contribution in [2.24, 2.45) is 4.99 Å². The number of amidine groups is 1. The van der Waals surface area contributed by atoms with Crippen LogP contribution in [0.3, 0.4) is 0 Å². The minimum atomic E-state index is -0.558. The Bertz CT molecular complexity index is 1260. The van der Waals surface area contributed by atoms with Crippen LogP contribution >= 0.6 is 0 Å². The number of halogens is 2. The van der Waals surface area contributed by atoms with Crippen LogP contribution in [-0.4, -0.2) is 5.84 Å². The topological polar surface area (TPSA) is 57.4 Å². The fourth-order valence-corrected chi connectivity index (χ4v) is 2.87. The lowest BCUT2D eigenvalue weighted by atomic mass is 10.1. The molecule has 0 bridgehead atoms. The van der Waals surface area contributed by atoms with Crippen molar-refractivity contribution >= 4 is 11.5 Å². The smallest absolute Gasteiger partial charge is 0.140 e. The molecule has 2 aromatic carbocycles. The molecule has 0 spiro atoms. The van der Waals surface area contributed by atoms with Gasteiger partial charge in [-0.1, -0.05) is 75.1 Å². The fourth-order valence-electron chi connectivity index (χ4n) is 2.87. The van der Waals surface area contributed by atoms with Crippen LogP contribution in [0.4, 0.5) is 14.5 Å². The first-order chi connectivity index (χ1) is 18.5. The maximum Gasteiger partial charge on any atom is 0.140 e. The van der Waals surface area contributed by atoms with Gasteiger partial charge in [-0.3, -0.25) is 0 Å². The fraction of sp³-hybridized carbons (Fsp3) is 0.273. The molecular formula is C33H41F2N3O. The van der Waals surface area contributed by atoms with E-state index in [0.29, 0.717) is 22.8 Å². The van der Waals surface area contributed by atoms with Crippen LogP contribution < -0.4 is 10.1 Å². The molecular weight excluding hydrogens is 492 g/mol. The van der Waals surface area contributed by atoms with Crippen LogP contribution in [0.15, 0.2) is 108 Å². The van der Waals surface area contributed by atoms with Crippen molar-refractivity contribution in [2.45, 2.75) is 61.5 Å². The Labute approximate surface area is 233 Å². The molecule has 0 fully saturated rings. The monoisotopic (exact) mass is 533 g/mol. The number of rotatable bonds is 8. The van der Waals surface area contributed by atoms with Gasteiger partial charge < -0.3 is 10.1 Å². The van der Waals surface area contributed by atoms with Gasteiger partial charge >= 0.3 is 0 Å². The number of hydrogen-bond acceptors (Lipinski definition) is 3. The standard InChI is InChI=1S/C23H24FN3O.C8H11F.C2H6/c1-6-16(4)23(26-15(2)3)27-21-12-9-13-22(19(21)14-25)28-17(5)18-10-7-8-11-20(18)24;1-4-8(9)6-5-7(2)3;1-2/h6-13,17H,2H2,1,3-5H3,(H,26,27);4-6H,2H2,1,3H3;1-2H3/b16-6-;6-5-,8-4+;. The number of allylic oxidation sites excluding steroid dienone is 7. The van der Waals surface area contributed by atoms with E-state index < -0.39 is 6.10 Å². The molecule has 1 atom stereocenters. The first-order valence-corrected chi connectivity index (χ1v) is 12.8. The highest BCUT2D eigenvalue weighted by Gasteiger charge is 2.16. The summed E-state index contributed by atoms with van der Waals surface area (Å²) < 4.78 is 32.2. The van der Waals surface area contributed by atoms with Crippen LogP contribution in [-0.2, 0) is 0 Å². The summed E-state index contributed by atoms with van der Waals surface area (Å²) in [5.41, 5.74) is 3.68. The largest absolute Gasteiger partial charge is 0.484 e. The van der Waals surface area contributed by atoms with Gasteiger partial charge in [0.1, 0.15) is 41.0 Å². The molecule has 2 aromatic rings. The van der Waals surface area contributed by atoms with Gasteiger partial charge in [0.15, 0.2) is 0 Å². The Morgan fingerprint density at radius 2 is 1.67 bits per heavy atom. The van der Waals surface area contributed by atoms with E-state index in [4.69, 9.17) is 4.74 Å². The second-order valence-corrected chi connectivity index (χ2v) is 8.23. The average molecular weight is 534 g/mol. The summed E-state index contributed by atoms with van der Waals surface area (Å²) in [7, 11) is 0. The van der Waals surface area contributed by atoms with Crippen LogP contribution in [0.2, 0.25) is 0 Å². The maximum absolute atomic E-state index is 14.0. The van der Waals surface area contributed by atoms with Gasteiger partial charge in [-0.05, 0) is 71.4 Å². The van der Waals surface area contributed by atoms with E-state index >= 15 is 0 Å². The first kappa shape index (κ1) is 34.8.